The van der Waals surface area contributed by atoms with E-state index in [-0.39, 0.29) is 5.97 Å². The summed E-state index contributed by atoms with van der Waals surface area (Å²) in [5.74, 6) is -0.166. The van der Waals surface area contributed by atoms with Crippen LogP contribution in [0.25, 0.3) is 0 Å². The Bertz CT molecular complexity index is 512. The molecule has 0 heterocycles. The average Bonchev–Trinajstić information content (AvgIpc) is 2.44. The number of nitrogens with one attached hydrogen (secondary N) is 1. The lowest BCUT2D eigenvalue weighted by molar-refractivity contribution is -0.138. The number of hydrogen-bond donors (Lipinski definition) is 1. The van der Waals surface area contributed by atoms with Crippen molar-refractivity contribution in [3.05, 3.63) is 40.6 Å². The molecule has 0 aliphatic heterocycles. The Kier molecular flexibility index (Phi) is 4.83. The van der Waals surface area contributed by atoms with Gasteiger partial charge in [-0.2, -0.15) is 0 Å². The van der Waals surface area contributed by atoms with E-state index >= 15 is 0 Å². The van der Waals surface area contributed by atoms with Gasteiger partial charge >= 0.3 is 5.97 Å². The zero-order chi connectivity index (χ0) is 14.5. The Labute approximate surface area is 121 Å². The normalized spacial score (nSPS) is 15.2. The maximum absolute atomic E-state index is 12.0. The van der Waals surface area contributed by atoms with E-state index in [1.54, 1.807) is 0 Å². The fraction of sp³-hybridized carbons (Fsp3) is 0.471. The van der Waals surface area contributed by atoms with Crippen molar-refractivity contribution in [2.45, 2.75) is 46.5 Å². The first-order valence-electron chi connectivity index (χ1n) is 7.36. The van der Waals surface area contributed by atoms with Crippen molar-refractivity contribution in [2.24, 2.45) is 0 Å². The molecular weight excluding hydrogens is 250 g/mol. The third-order valence-electron chi connectivity index (χ3n) is 3.75. The Hall–Kier alpha value is -1.77. The van der Waals surface area contributed by atoms with Crippen LogP contribution < -0.4 is 5.32 Å². The van der Waals surface area contributed by atoms with Crippen molar-refractivity contribution in [1.82, 2.24) is 0 Å². The summed E-state index contributed by atoms with van der Waals surface area (Å²) in [5, 5.41) is 3.49. The number of para-hydroxylation sites is 1. The van der Waals surface area contributed by atoms with Crippen LogP contribution in [0.5, 0.6) is 0 Å². The Morgan fingerprint density at radius 1 is 1.20 bits per heavy atom. The lowest BCUT2D eigenvalue weighted by atomic mass is 9.95. The topological polar surface area (TPSA) is 38.3 Å². The number of carbonyl (C=O) groups is 1. The molecule has 20 heavy (non-hydrogen) atoms. The van der Waals surface area contributed by atoms with Crippen molar-refractivity contribution < 1.29 is 9.53 Å². The number of rotatable bonds is 4. The number of carbonyl (C=O) groups excluding carboxylic acids is 1. The molecule has 1 N–H and O–H groups in total. The van der Waals surface area contributed by atoms with Crippen molar-refractivity contribution in [1.29, 1.82) is 0 Å². The maximum atomic E-state index is 12.0. The minimum Gasteiger partial charge on any atom is -0.463 e. The van der Waals surface area contributed by atoms with E-state index < -0.39 is 0 Å². The molecule has 0 aromatic heterocycles. The fourth-order valence-electron chi connectivity index (χ4n) is 2.65. The van der Waals surface area contributed by atoms with Gasteiger partial charge in [0.25, 0.3) is 0 Å². The molecule has 0 fully saturated rings. The Morgan fingerprint density at radius 3 is 2.50 bits per heavy atom. The molecule has 0 atom stereocenters. The predicted molar refractivity (Wildman–Crippen MR) is 81.7 cm³/mol. The third kappa shape index (κ3) is 3.21. The number of aryl methyl sites for hydroxylation is 2. The van der Waals surface area contributed by atoms with Crippen LogP contribution in [0, 0.1) is 13.8 Å². The largest absolute Gasteiger partial charge is 0.463 e. The highest BCUT2D eigenvalue weighted by Crippen LogP contribution is 2.29. The van der Waals surface area contributed by atoms with Crippen LogP contribution in [0.3, 0.4) is 0 Å². The summed E-state index contributed by atoms with van der Waals surface area (Å²) in [6.45, 7) is 6.45. The number of ether oxygens (including phenoxy) is 1. The van der Waals surface area contributed by atoms with Gasteiger partial charge in [0.2, 0.25) is 0 Å². The molecular formula is C17H23NO2. The van der Waals surface area contributed by atoms with Gasteiger partial charge in [0.1, 0.15) is 0 Å². The molecule has 1 aliphatic rings. The molecule has 1 aliphatic carbocycles. The number of esters is 1. The molecule has 0 unspecified atom stereocenters. The van der Waals surface area contributed by atoms with Crippen LogP contribution in [-0.4, -0.2) is 12.6 Å². The first-order valence-corrected chi connectivity index (χ1v) is 7.36. The van der Waals surface area contributed by atoms with Crippen LogP contribution in [0.2, 0.25) is 0 Å². The SMILES string of the molecule is CCOC(=O)C1=C(Nc2c(C)cccc2C)CCCC1. The summed E-state index contributed by atoms with van der Waals surface area (Å²) in [4.78, 5) is 12.0. The van der Waals surface area contributed by atoms with Crippen molar-refractivity contribution in [2.75, 3.05) is 11.9 Å². The molecule has 3 heteroatoms. The second-order valence-corrected chi connectivity index (χ2v) is 5.28. The van der Waals surface area contributed by atoms with Crippen molar-refractivity contribution >= 4 is 11.7 Å². The second kappa shape index (κ2) is 6.60. The van der Waals surface area contributed by atoms with Gasteiger partial charge in [-0.1, -0.05) is 18.2 Å². The first-order chi connectivity index (χ1) is 9.63. The molecule has 0 bridgehead atoms. The van der Waals surface area contributed by atoms with Gasteiger partial charge in [-0.15, -0.1) is 0 Å². The lowest BCUT2D eigenvalue weighted by Gasteiger charge is -2.22. The van der Waals surface area contributed by atoms with Gasteiger partial charge in [0.05, 0.1) is 12.2 Å². The highest BCUT2D eigenvalue weighted by Gasteiger charge is 2.21. The van der Waals surface area contributed by atoms with Gasteiger partial charge in [-0.3, -0.25) is 0 Å². The zero-order valence-corrected chi connectivity index (χ0v) is 12.6. The van der Waals surface area contributed by atoms with E-state index in [0.717, 1.165) is 42.6 Å². The molecule has 0 spiro atoms. The number of anilines is 1. The van der Waals surface area contributed by atoms with E-state index in [1.807, 2.05) is 6.92 Å². The van der Waals surface area contributed by atoms with E-state index in [9.17, 15) is 4.79 Å². The van der Waals surface area contributed by atoms with E-state index in [4.69, 9.17) is 4.74 Å². The minimum atomic E-state index is -0.166. The lowest BCUT2D eigenvalue weighted by Crippen LogP contribution is -2.17. The van der Waals surface area contributed by atoms with E-state index in [1.165, 1.54) is 11.1 Å². The summed E-state index contributed by atoms with van der Waals surface area (Å²) < 4.78 is 5.17. The molecule has 2 rings (SSSR count). The monoisotopic (exact) mass is 273 g/mol. The molecule has 3 nitrogen and oxygen atoms in total. The van der Waals surface area contributed by atoms with Crippen LogP contribution in [-0.2, 0) is 9.53 Å². The Morgan fingerprint density at radius 2 is 1.85 bits per heavy atom. The molecule has 0 saturated carbocycles. The molecule has 108 valence electrons. The third-order valence-corrected chi connectivity index (χ3v) is 3.75. The summed E-state index contributed by atoms with van der Waals surface area (Å²) in [5.41, 5.74) is 5.37. The second-order valence-electron chi connectivity index (χ2n) is 5.28. The van der Waals surface area contributed by atoms with E-state index in [0.29, 0.717) is 6.61 Å². The molecule has 1 aromatic rings. The molecule has 0 amide bonds. The van der Waals surface area contributed by atoms with Crippen molar-refractivity contribution in [3.63, 3.8) is 0 Å². The highest BCUT2D eigenvalue weighted by molar-refractivity contribution is 5.90. The summed E-state index contributed by atoms with van der Waals surface area (Å²) in [6.07, 6.45) is 3.91. The van der Waals surface area contributed by atoms with Gasteiger partial charge in [0, 0.05) is 11.4 Å². The number of hydrogen-bond acceptors (Lipinski definition) is 3. The van der Waals surface area contributed by atoms with Gasteiger partial charge in [-0.25, -0.2) is 4.79 Å². The highest BCUT2D eigenvalue weighted by atomic mass is 16.5. The van der Waals surface area contributed by atoms with Crippen LogP contribution >= 0.6 is 0 Å². The fourth-order valence-corrected chi connectivity index (χ4v) is 2.65. The summed E-state index contributed by atoms with van der Waals surface area (Å²) >= 11 is 0. The molecule has 0 saturated heterocycles. The zero-order valence-electron chi connectivity index (χ0n) is 12.6. The van der Waals surface area contributed by atoms with Crippen LogP contribution in [0.15, 0.2) is 29.5 Å². The molecule has 0 radical (unpaired) electrons. The smallest absolute Gasteiger partial charge is 0.335 e. The van der Waals surface area contributed by atoms with E-state index in [2.05, 4.69) is 37.4 Å². The van der Waals surface area contributed by atoms with Crippen LogP contribution in [0.1, 0.15) is 43.7 Å². The van der Waals surface area contributed by atoms with Gasteiger partial charge in [-0.05, 0) is 57.6 Å². The van der Waals surface area contributed by atoms with Gasteiger partial charge < -0.3 is 10.1 Å². The average molecular weight is 273 g/mol. The summed E-state index contributed by atoms with van der Waals surface area (Å²) in [7, 11) is 0. The van der Waals surface area contributed by atoms with Gasteiger partial charge in [0.15, 0.2) is 0 Å². The standard InChI is InChI=1S/C17H23NO2/c1-4-20-17(19)14-10-5-6-11-15(14)18-16-12(2)8-7-9-13(16)3/h7-9,18H,4-6,10-11H2,1-3H3. The maximum Gasteiger partial charge on any atom is 0.335 e. The quantitative estimate of drug-likeness (QED) is 0.839. The van der Waals surface area contributed by atoms with Crippen molar-refractivity contribution in [3.8, 4) is 0 Å². The predicted octanol–water partition coefficient (Wildman–Crippen LogP) is 4.11. The van der Waals surface area contributed by atoms with Crippen LogP contribution in [0.4, 0.5) is 5.69 Å². The Balaban J connectivity index is 2.30. The number of benzene rings is 1. The summed E-state index contributed by atoms with van der Waals surface area (Å²) in [6, 6.07) is 6.23. The number of allylic oxidation sites excluding steroid dienone is 1. The minimum absolute atomic E-state index is 0.166. The molecule has 1 aromatic carbocycles. The first kappa shape index (κ1) is 14.6.